The van der Waals surface area contributed by atoms with Gasteiger partial charge in [-0.05, 0) is 39.3 Å². The molecule has 0 aliphatic carbocycles. The van der Waals surface area contributed by atoms with E-state index >= 15 is 0 Å². The van der Waals surface area contributed by atoms with Gasteiger partial charge in [0.15, 0.2) is 5.82 Å². The second-order valence-electron chi connectivity index (χ2n) is 5.01. The van der Waals surface area contributed by atoms with Crippen LogP contribution >= 0.6 is 0 Å². The van der Waals surface area contributed by atoms with Crippen molar-refractivity contribution in [1.29, 1.82) is 0 Å². The molecule has 2 rings (SSSR count). The molecule has 1 fully saturated rings. The molecule has 1 unspecified atom stereocenters. The quantitative estimate of drug-likeness (QED) is 0.622. The lowest BCUT2D eigenvalue weighted by molar-refractivity contribution is 0.267. The Bertz CT molecular complexity index is 496. The minimum Gasteiger partial charge on any atom is -0.319 e. The molecule has 1 aliphatic heterocycles. The van der Waals surface area contributed by atoms with Crippen molar-refractivity contribution in [1.82, 2.24) is 35.0 Å². The van der Waals surface area contributed by atoms with Crippen LogP contribution in [0.4, 0.5) is 0 Å². The number of nitrogens with one attached hydrogen (secondary N) is 3. The summed E-state index contributed by atoms with van der Waals surface area (Å²) in [6, 6.07) is -0.506. The average molecular weight is 303 g/mol. The second kappa shape index (κ2) is 6.57. The van der Waals surface area contributed by atoms with Crippen LogP contribution in [0.2, 0.25) is 0 Å². The first kappa shape index (κ1) is 15.3. The van der Waals surface area contributed by atoms with Crippen molar-refractivity contribution >= 4 is 10.2 Å². The van der Waals surface area contributed by atoms with Gasteiger partial charge in [-0.1, -0.05) is 5.21 Å². The van der Waals surface area contributed by atoms with E-state index in [-0.39, 0.29) is 0 Å². The highest BCUT2D eigenvalue weighted by Gasteiger charge is 2.29. The summed E-state index contributed by atoms with van der Waals surface area (Å²) in [5.41, 5.74) is 0. The van der Waals surface area contributed by atoms with Crippen LogP contribution in [0.25, 0.3) is 0 Å². The molecule has 1 aliphatic rings. The van der Waals surface area contributed by atoms with Gasteiger partial charge in [0.2, 0.25) is 0 Å². The van der Waals surface area contributed by atoms with Crippen LogP contribution in [-0.4, -0.2) is 60.0 Å². The van der Waals surface area contributed by atoms with E-state index in [9.17, 15) is 8.42 Å². The van der Waals surface area contributed by atoms with E-state index in [1.165, 1.54) is 4.31 Å². The Morgan fingerprint density at radius 1 is 1.45 bits per heavy atom. The second-order valence-corrected chi connectivity index (χ2v) is 6.72. The van der Waals surface area contributed by atoms with Crippen molar-refractivity contribution in [2.45, 2.75) is 25.8 Å². The first-order chi connectivity index (χ1) is 9.53. The third kappa shape index (κ3) is 3.72. The lowest BCUT2D eigenvalue weighted by atomic mass is 9.98. The summed E-state index contributed by atoms with van der Waals surface area (Å²) in [5.74, 6) is 0.875. The van der Waals surface area contributed by atoms with E-state index in [1.807, 2.05) is 7.05 Å². The van der Waals surface area contributed by atoms with Crippen molar-refractivity contribution in [2.75, 3.05) is 26.7 Å². The Labute approximate surface area is 118 Å². The topological polar surface area (TPSA) is 116 Å². The number of tetrazole rings is 1. The Balaban J connectivity index is 1.91. The van der Waals surface area contributed by atoms with Gasteiger partial charge in [0.05, 0.1) is 6.04 Å². The molecule has 3 N–H and O–H groups in total. The molecule has 1 saturated heterocycles. The van der Waals surface area contributed by atoms with Crippen molar-refractivity contribution in [3.05, 3.63) is 5.82 Å². The van der Waals surface area contributed by atoms with Crippen LogP contribution in [0.3, 0.4) is 0 Å². The SMILES string of the molecule is CNCC1CCN(S(=O)(=O)NC(C)c2nn[nH]n2)CC1. The van der Waals surface area contributed by atoms with E-state index in [1.54, 1.807) is 6.92 Å². The summed E-state index contributed by atoms with van der Waals surface area (Å²) in [7, 11) is -1.59. The lowest BCUT2D eigenvalue weighted by Crippen LogP contribution is -2.46. The lowest BCUT2D eigenvalue weighted by Gasteiger charge is -2.31. The van der Waals surface area contributed by atoms with E-state index in [4.69, 9.17) is 0 Å². The first-order valence-electron chi connectivity index (χ1n) is 6.68. The zero-order chi connectivity index (χ0) is 14.6. The van der Waals surface area contributed by atoms with Crippen molar-refractivity contribution in [3.8, 4) is 0 Å². The Morgan fingerprint density at radius 2 is 2.15 bits per heavy atom. The number of rotatable bonds is 6. The van der Waals surface area contributed by atoms with Crippen LogP contribution in [0.15, 0.2) is 0 Å². The van der Waals surface area contributed by atoms with Gasteiger partial charge in [-0.2, -0.15) is 22.7 Å². The molecule has 0 bridgehead atoms. The van der Waals surface area contributed by atoms with Crippen molar-refractivity contribution < 1.29 is 8.42 Å². The number of piperidine rings is 1. The van der Waals surface area contributed by atoms with Gasteiger partial charge in [0, 0.05) is 13.1 Å². The number of aromatic amines is 1. The predicted octanol–water partition coefficient (Wildman–Crippen LogP) is -0.973. The van der Waals surface area contributed by atoms with Gasteiger partial charge >= 0.3 is 0 Å². The average Bonchev–Trinajstić information content (AvgIpc) is 2.93. The van der Waals surface area contributed by atoms with Gasteiger partial charge < -0.3 is 5.32 Å². The molecule has 1 aromatic rings. The number of aromatic nitrogens is 4. The Hall–Kier alpha value is -1.10. The molecule has 20 heavy (non-hydrogen) atoms. The molecule has 2 heterocycles. The van der Waals surface area contributed by atoms with E-state index in [0.29, 0.717) is 24.8 Å². The summed E-state index contributed by atoms with van der Waals surface area (Å²) in [4.78, 5) is 0. The third-order valence-corrected chi connectivity index (χ3v) is 5.18. The molecule has 114 valence electrons. The maximum atomic E-state index is 12.3. The Morgan fingerprint density at radius 3 is 2.70 bits per heavy atom. The molecule has 1 aromatic heterocycles. The van der Waals surface area contributed by atoms with Crippen LogP contribution in [0.5, 0.6) is 0 Å². The smallest absolute Gasteiger partial charge is 0.280 e. The van der Waals surface area contributed by atoms with Gasteiger partial charge in [0.25, 0.3) is 10.2 Å². The minimum atomic E-state index is -3.51. The number of nitrogens with zero attached hydrogens (tertiary/aromatic N) is 4. The van der Waals surface area contributed by atoms with Crippen LogP contribution in [-0.2, 0) is 10.2 Å². The summed E-state index contributed by atoms with van der Waals surface area (Å²) in [6.07, 6.45) is 1.75. The standard InChI is InChI=1S/C10H21N7O2S/c1-8(10-12-15-16-13-10)14-20(18,19)17-5-3-9(4-6-17)7-11-2/h8-9,11,14H,3-7H2,1-2H3,(H,12,13,15,16). The summed E-state index contributed by atoms with van der Waals surface area (Å²) in [5, 5.41) is 16.4. The first-order valence-corrected chi connectivity index (χ1v) is 8.12. The maximum absolute atomic E-state index is 12.3. The predicted molar refractivity (Wildman–Crippen MR) is 72.9 cm³/mol. The summed E-state index contributed by atoms with van der Waals surface area (Å²) >= 11 is 0. The largest absolute Gasteiger partial charge is 0.319 e. The zero-order valence-electron chi connectivity index (χ0n) is 11.7. The highest BCUT2D eigenvalue weighted by Crippen LogP contribution is 2.19. The fourth-order valence-corrected chi connectivity index (χ4v) is 3.74. The molecule has 10 heteroatoms. The highest BCUT2D eigenvalue weighted by atomic mass is 32.2. The van der Waals surface area contributed by atoms with Gasteiger partial charge in [0.1, 0.15) is 0 Å². The molecule has 0 spiro atoms. The number of H-pyrrole nitrogens is 1. The molecule has 0 radical (unpaired) electrons. The van der Waals surface area contributed by atoms with Gasteiger partial charge in [-0.15, -0.1) is 10.2 Å². The molecule has 0 amide bonds. The van der Waals surface area contributed by atoms with Crippen molar-refractivity contribution in [3.63, 3.8) is 0 Å². The minimum absolute atomic E-state index is 0.332. The van der Waals surface area contributed by atoms with E-state index < -0.39 is 16.3 Å². The van der Waals surface area contributed by atoms with E-state index in [2.05, 4.69) is 30.7 Å². The van der Waals surface area contributed by atoms with Gasteiger partial charge in [-0.25, -0.2) is 0 Å². The molecule has 1 atom stereocenters. The molecular formula is C10H21N7O2S. The maximum Gasteiger partial charge on any atom is 0.280 e. The van der Waals surface area contributed by atoms with E-state index in [0.717, 1.165) is 19.4 Å². The fourth-order valence-electron chi connectivity index (χ4n) is 2.35. The summed E-state index contributed by atoms with van der Waals surface area (Å²) in [6.45, 7) is 3.71. The van der Waals surface area contributed by atoms with Crippen LogP contribution in [0, 0.1) is 5.92 Å². The van der Waals surface area contributed by atoms with Gasteiger partial charge in [-0.3, -0.25) is 0 Å². The summed E-state index contributed by atoms with van der Waals surface area (Å²) < 4.78 is 28.6. The molecule has 0 aromatic carbocycles. The highest BCUT2D eigenvalue weighted by molar-refractivity contribution is 7.87. The molecule has 9 nitrogen and oxygen atoms in total. The zero-order valence-corrected chi connectivity index (χ0v) is 12.5. The molecular weight excluding hydrogens is 282 g/mol. The van der Waals surface area contributed by atoms with Crippen molar-refractivity contribution in [2.24, 2.45) is 5.92 Å². The number of hydrogen-bond donors (Lipinski definition) is 3. The monoisotopic (exact) mass is 303 g/mol. The van der Waals surface area contributed by atoms with Crippen LogP contribution < -0.4 is 10.0 Å². The normalized spacial score (nSPS) is 20.1. The number of hydrogen-bond acceptors (Lipinski definition) is 6. The van der Waals surface area contributed by atoms with Crippen LogP contribution in [0.1, 0.15) is 31.6 Å². The fraction of sp³-hybridized carbons (Fsp3) is 0.900. The molecule has 0 saturated carbocycles. The third-order valence-electron chi connectivity index (χ3n) is 3.48. The Kier molecular flexibility index (Phi) is 5.02.